The molecule has 0 bridgehead atoms. The lowest BCUT2D eigenvalue weighted by Crippen LogP contribution is -2.44. The highest BCUT2D eigenvalue weighted by molar-refractivity contribution is 6.31. The van der Waals surface area contributed by atoms with Crippen LogP contribution in [-0.2, 0) is 17.9 Å². The number of fused-ring (bicyclic) bond motifs is 1. The summed E-state index contributed by atoms with van der Waals surface area (Å²) in [4.78, 5) is 37.3. The smallest absolute Gasteiger partial charge is 0.317 e. The highest BCUT2D eigenvalue weighted by Crippen LogP contribution is 2.18. The molecule has 0 atom stereocenters. The van der Waals surface area contributed by atoms with Crippen molar-refractivity contribution in [3.05, 3.63) is 79.8 Å². The molecule has 26 heavy (non-hydrogen) atoms. The summed E-state index contributed by atoms with van der Waals surface area (Å²) < 4.78 is 2.59. The molecule has 0 radical (unpaired) electrons. The van der Waals surface area contributed by atoms with Gasteiger partial charge in [-0.1, -0.05) is 41.9 Å². The van der Waals surface area contributed by atoms with Gasteiger partial charge in [0.15, 0.2) is 0 Å². The maximum atomic E-state index is 12.7. The topological polar surface area (TPSA) is 73.1 Å². The van der Waals surface area contributed by atoms with Crippen LogP contribution in [0.25, 0.3) is 11.0 Å². The van der Waals surface area contributed by atoms with Gasteiger partial charge in [-0.3, -0.25) is 23.5 Å². The zero-order chi connectivity index (χ0) is 18.7. The predicted molar refractivity (Wildman–Crippen MR) is 102 cm³/mol. The third kappa shape index (κ3) is 3.55. The van der Waals surface area contributed by atoms with Gasteiger partial charge in [0, 0.05) is 11.6 Å². The maximum Gasteiger partial charge on any atom is 0.317 e. The summed E-state index contributed by atoms with van der Waals surface area (Å²) in [6, 6.07) is 14.3. The molecule has 6 nitrogen and oxygen atoms in total. The minimum Gasteiger partial charge on any atom is -0.355 e. The standard InChI is InChI=1S/C19H18ClN3O3/c1-2-21-17(24)12-23-16-10-14(20)8-9-15(16)22(18(25)19(23)26)11-13-6-4-3-5-7-13/h3-10H,2,11-12H2,1H3,(H,21,24). The third-order valence-corrected chi connectivity index (χ3v) is 4.29. The first-order valence-corrected chi connectivity index (χ1v) is 8.62. The van der Waals surface area contributed by atoms with E-state index in [1.165, 1.54) is 9.13 Å². The van der Waals surface area contributed by atoms with E-state index in [4.69, 9.17) is 11.6 Å². The molecule has 1 amide bonds. The lowest BCUT2D eigenvalue weighted by atomic mass is 10.2. The molecule has 1 N–H and O–H groups in total. The summed E-state index contributed by atoms with van der Waals surface area (Å²) in [7, 11) is 0. The predicted octanol–water partition coefficient (Wildman–Crippen LogP) is 2.00. The molecule has 134 valence electrons. The number of hydrogen-bond acceptors (Lipinski definition) is 3. The largest absolute Gasteiger partial charge is 0.355 e. The number of amides is 1. The zero-order valence-electron chi connectivity index (χ0n) is 14.2. The highest BCUT2D eigenvalue weighted by atomic mass is 35.5. The molecule has 0 aliphatic heterocycles. The molecule has 1 aromatic heterocycles. The number of aromatic nitrogens is 2. The Hall–Kier alpha value is -2.86. The molecule has 0 saturated carbocycles. The summed E-state index contributed by atoms with van der Waals surface area (Å²) in [5.74, 6) is -0.337. The first kappa shape index (κ1) is 17.9. The van der Waals surface area contributed by atoms with Crippen molar-refractivity contribution in [2.75, 3.05) is 6.54 Å². The van der Waals surface area contributed by atoms with E-state index in [1.807, 2.05) is 30.3 Å². The summed E-state index contributed by atoms with van der Waals surface area (Å²) >= 11 is 6.09. The molecule has 7 heteroatoms. The zero-order valence-corrected chi connectivity index (χ0v) is 15.0. The molecule has 0 unspecified atom stereocenters. The second kappa shape index (κ2) is 7.58. The van der Waals surface area contributed by atoms with E-state index < -0.39 is 11.1 Å². The average Bonchev–Trinajstić information content (AvgIpc) is 2.63. The number of nitrogens with zero attached hydrogens (tertiary/aromatic N) is 2. The van der Waals surface area contributed by atoms with Gasteiger partial charge in [-0.2, -0.15) is 0 Å². The normalized spacial score (nSPS) is 10.8. The number of benzene rings is 2. The van der Waals surface area contributed by atoms with Gasteiger partial charge < -0.3 is 5.32 Å². The van der Waals surface area contributed by atoms with Gasteiger partial charge in [0.2, 0.25) is 5.91 Å². The van der Waals surface area contributed by atoms with Crippen LogP contribution in [-0.4, -0.2) is 21.6 Å². The van der Waals surface area contributed by atoms with Crippen LogP contribution >= 0.6 is 11.6 Å². The second-order valence-corrected chi connectivity index (χ2v) is 6.29. The van der Waals surface area contributed by atoms with Gasteiger partial charge in [-0.15, -0.1) is 0 Å². The SMILES string of the molecule is CCNC(=O)Cn1c(=O)c(=O)n(Cc2ccccc2)c2ccc(Cl)cc21. The summed E-state index contributed by atoms with van der Waals surface area (Å²) in [5.41, 5.74) is 0.470. The number of likely N-dealkylation sites (N-methyl/N-ethyl adjacent to an activating group) is 1. The first-order chi connectivity index (χ1) is 12.5. The van der Waals surface area contributed by atoms with Crippen molar-refractivity contribution in [3.63, 3.8) is 0 Å². The van der Waals surface area contributed by atoms with Crippen molar-refractivity contribution in [2.45, 2.75) is 20.0 Å². The Bertz CT molecular complexity index is 1070. The van der Waals surface area contributed by atoms with E-state index >= 15 is 0 Å². The van der Waals surface area contributed by atoms with Crippen LogP contribution in [0, 0.1) is 0 Å². The van der Waals surface area contributed by atoms with Gasteiger partial charge >= 0.3 is 11.1 Å². The second-order valence-electron chi connectivity index (χ2n) is 5.85. The van der Waals surface area contributed by atoms with E-state index in [0.29, 0.717) is 22.6 Å². The Kier molecular flexibility index (Phi) is 5.23. The number of rotatable bonds is 5. The molecule has 1 heterocycles. The Morgan fingerprint density at radius 1 is 1.00 bits per heavy atom. The fourth-order valence-corrected chi connectivity index (χ4v) is 3.03. The van der Waals surface area contributed by atoms with E-state index in [-0.39, 0.29) is 19.0 Å². The van der Waals surface area contributed by atoms with Gasteiger partial charge in [-0.05, 0) is 30.7 Å². The molecule has 3 aromatic rings. The molecular formula is C19H18ClN3O3. The van der Waals surface area contributed by atoms with Gasteiger partial charge in [-0.25, -0.2) is 0 Å². The Morgan fingerprint density at radius 3 is 2.38 bits per heavy atom. The van der Waals surface area contributed by atoms with Crippen molar-refractivity contribution in [1.29, 1.82) is 0 Å². The number of nitrogens with one attached hydrogen (secondary N) is 1. The minimum atomic E-state index is -0.748. The Labute approximate surface area is 154 Å². The molecule has 3 rings (SSSR count). The Balaban J connectivity index is 2.22. The van der Waals surface area contributed by atoms with E-state index in [0.717, 1.165) is 5.56 Å². The lowest BCUT2D eigenvalue weighted by Gasteiger charge is -2.15. The summed E-state index contributed by atoms with van der Waals surface area (Å²) in [5, 5.41) is 3.06. The van der Waals surface area contributed by atoms with E-state index in [1.54, 1.807) is 25.1 Å². The monoisotopic (exact) mass is 371 g/mol. The van der Waals surface area contributed by atoms with Gasteiger partial charge in [0.1, 0.15) is 6.54 Å². The van der Waals surface area contributed by atoms with Gasteiger partial charge in [0.25, 0.3) is 0 Å². The maximum absolute atomic E-state index is 12.7. The number of carbonyl (C=O) groups is 1. The molecule has 0 spiro atoms. The van der Waals surface area contributed by atoms with Crippen LogP contribution in [0.4, 0.5) is 0 Å². The molecule has 0 aliphatic rings. The molecular weight excluding hydrogens is 354 g/mol. The van der Waals surface area contributed by atoms with Gasteiger partial charge in [0.05, 0.1) is 17.6 Å². The average molecular weight is 372 g/mol. The lowest BCUT2D eigenvalue weighted by molar-refractivity contribution is -0.121. The molecule has 0 fully saturated rings. The number of halogens is 1. The first-order valence-electron chi connectivity index (χ1n) is 8.24. The van der Waals surface area contributed by atoms with Crippen LogP contribution in [0.3, 0.4) is 0 Å². The summed E-state index contributed by atoms with van der Waals surface area (Å²) in [6.45, 7) is 2.25. The van der Waals surface area contributed by atoms with Crippen LogP contribution < -0.4 is 16.4 Å². The third-order valence-electron chi connectivity index (χ3n) is 4.05. The molecule has 2 aromatic carbocycles. The van der Waals surface area contributed by atoms with Crippen LogP contribution in [0.1, 0.15) is 12.5 Å². The van der Waals surface area contributed by atoms with Crippen molar-refractivity contribution in [1.82, 2.24) is 14.5 Å². The quantitative estimate of drug-likeness (QED) is 0.697. The number of carbonyl (C=O) groups excluding carboxylic acids is 1. The number of hydrogen-bond donors (Lipinski definition) is 1. The van der Waals surface area contributed by atoms with E-state index in [2.05, 4.69) is 5.32 Å². The van der Waals surface area contributed by atoms with Crippen LogP contribution in [0.15, 0.2) is 58.1 Å². The summed E-state index contributed by atoms with van der Waals surface area (Å²) in [6.07, 6.45) is 0. The fourth-order valence-electron chi connectivity index (χ4n) is 2.87. The van der Waals surface area contributed by atoms with Crippen molar-refractivity contribution in [2.24, 2.45) is 0 Å². The van der Waals surface area contributed by atoms with Crippen molar-refractivity contribution in [3.8, 4) is 0 Å². The van der Waals surface area contributed by atoms with Crippen LogP contribution in [0.5, 0.6) is 0 Å². The van der Waals surface area contributed by atoms with E-state index in [9.17, 15) is 14.4 Å². The van der Waals surface area contributed by atoms with Crippen molar-refractivity contribution < 1.29 is 4.79 Å². The fraction of sp³-hybridized carbons (Fsp3) is 0.211. The Morgan fingerprint density at radius 2 is 1.69 bits per heavy atom. The highest BCUT2D eigenvalue weighted by Gasteiger charge is 2.16. The molecule has 0 aliphatic carbocycles. The molecule has 0 saturated heterocycles. The minimum absolute atomic E-state index is 0.231. The van der Waals surface area contributed by atoms with Crippen molar-refractivity contribution >= 4 is 28.5 Å². The van der Waals surface area contributed by atoms with Crippen LogP contribution in [0.2, 0.25) is 5.02 Å².